The lowest BCUT2D eigenvalue weighted by molar-refractivity contribution is -0.143. The van der Waals surface area contributed by atoms with Crippen molar-refractivity contribution in [3.8, 4) is 0 Å². The maximum Gasteiger partial charge on any atom is 0.0543 e. The second-order valence-electron chi connectivity index (χ2n) is 10.9. The van der Waals surface area contributed by atoms with Gasteiger partial charge in [0.05, 0.1) is 6.10 Å². The van der Waals surface area contributed by atoms with Gasteiger partial charge in [-0.05, 0) is 109 Å². The fourth-order valence-electron chi connectivity index (χ4n) is 8.55. The fraction of sp³-hybridized carbons (Fsp3) is 0.778. The molecule has 4 aliphatic rings. The zero-order valence-corrected chi connectivity index (χ0v) is 19.2. The topological polar surface area (TPSA) is 46.2 Å². The van der Waals surface area contributed by atoms with Gasteiger partial charge in [-0.3, -0.25) is 0 Å². The highest BCUT2D eigenvalue weighted by Gasteiger charge is 2.61. The van der Waals surface area contributed by atoms with Crippen molar-refractivity contribution in [1.82, 2.24) is 0 Å². The van der Waals surface area contributed by atoms with E-state index in [2.05, 4.69) is 45.9 Å². The molecule has 0 aromatic carbocycles. The number of fused-ring (bicyclic) bond motifs is 5. The number of allylic oxidation sites excluding steroid dienone is 5. The molecular weight excluding hydrogens is 354 g/mol. The van der Waals surface area contributed by atoms with Gasteiger partial charge in [0.25, 0.3) is 0 Å². The maximum absolute atomic E-state index is 10.4. The first kappa shape index (κ1) is 21.2. The van der Waals surface area contributed by atoms with Crippen LogP contribution >= 0.6 is 0 Å². The summed E-state index contributed by atoms with van der Waals surface area (Å²) in [5, 5.41) is 10.4. The standard InChI is InChI=1S/C27H43NO/c1-5-7-8-19(17-28)23-11-12-24-22-10-9-20-16-21(29)13-14-27(20,6-2)25(22)15-18(3)26(23,24)4/h7-8,11,17-18,20-22,24-25,29H,5-6,9-10,12-16,28H2,1-4H3/b8-7-,19-17+/t18-,20?,21-,22?,24?,25?,26?,27?/m1/s1. The minimum Gasteiger partial charge on any atom is -0.404 e. The molecule has 4 rings (SSSR count). The molecular formula is C27H43NO. The van der Waals surface area contributed by atoms with Crippen LogP contribution in [0.4, 0.5) is 0 Å². The summed E-state index contributed by atoms with van der Waals surface area (Å²) >= 11 is 0. The summed E-state index contributed by atoms with van der Waals surface area (Å²) in [7, 11) is 0. The van der Waals surface area contributed by atoms with Crippen molar-refractivity contribution in [2.24, 2.45) is 46.2 Å². The Balaban J connectivity index is 1.66. The van der Waals surface area contributed by atoms with Gasteiger partial charge in [-0.25, -0.2) is 0 Å². The van der Waals surface area contributed by atoms with E-state index in [0.29, 0.717) is 11.3 Å². The van der Waals surface area contributed by atoms with Gasteiger partial charge in [0.1, 0.15) is 0 Å². The Morgan fingerprint density at radius 3 is 2.69 bits per heavy atom. The predicted molar refractivity (Wildman–Crippen MR) is 122 cm³/mol. The summed E-state index contributed by atoms with van der Waals surface area (Å²) < 4.78 is 0. The van der Waals surface area contributed by atoms with E-state index in [1.54, 1.807) is 0 Å². The van der Waals surface area contributed by atoms with Gasteiger partial charge < -0.3 is 10.8 Å². The molecule has 0 spiro atoms. The van der Waals surface area contributed by atoms with E-state index >= 15 is 0 Å². The molecule has 4 aliphatic carbocycles. The van der Waals surface area contributed by atoms with Gasteiger partial charge in [-0.1, -0.05) is 45.9 Å². The van der Waals surface area contributed by atoms with Gasteiger partial charge in [0.2, 0.25) is 0 Å². The zero-order chi connectivity index (χ0) is 20.8. The van der Waals surface area contributed by atoms with Crippen LogP contribution in [-0.2, 0) is 0 Å². The summed E-state index contributed by atoms with van der Waals surface area (Å²) in [5.74, 6) is 3.87. The van der Waals surface area contributed by atoms with Crippen LogP contribution in [0.1, 0.15) is 85.5 Å². The molecule has 2 heteroatoms. The van der Waals surface area contributed by atoms with E-state index < -0.39 is 0 Å². The average Bonchev–Trinajstić information content (AvgIpc) is 3.08. The molecule has 162 valence electrons. The second-order valence-corrected chi connectivity index (χ2v) is 10.9. The molecule has 0 radical (unpaired) electrons. The Morgan fingerprint density at radius 1 is 1.21 bits per heavy atom. The van der Waals surface area contributed by atoms with E-state index in [1.165, 1.54) is 49.7 Å². The Morgan fingerprint density at radius 2 is 2.00 bits per heavy atom. The summed E-state index contributed by atoms with van der Waals surface area (Å²) in [4.78, 5) is 0. The number of hydrogen-bond donors (Lipinski definition) is 2. The van der Waals surface area contributed by atoms with E-state index in [-0.39, 0.29) is 11.5 Å². The lowest BCUT2D eigenvalue weighted by atomic mass is 9.41. The summed E-state index contributed by atoms with van der Waals surface area (Å²) in [5.41, 5.74) is 9.62. The van der Waals surface area contributed by atoms with Gasteiger partial charge in [-0.15, -0.1) is 0 Å². The van der Waals surface area contributed by atoms with Gasteiger partial charge >= 0.3 is 0 Å². The molecule has 0 aromatic heterocycles. The number of hydrogen-bond acceptors (Lipinski definition) is 2. The molecule has 6 unspecified atom stereocenters. The van der Waals surface area contributed by atoms with Crippen LogP contribution in [0.2, 0.25) is 0 Å². The van der Waals surface area contributed by atoms with E-state index in [4.69, 9.17) is 5.73 Å². The first-order valence-corrected chi connectivity index (χ1v) is 12.4. The second kappa shape index (κ2) is 7.91. The lowest BCUT2D eigenvalue weighted by Crippen LogP contribution is -2.56. The molecule has 29 heavy (non-hydrogen) atoms. The average molecular weight is 398 g/mol. The third-order valence-electron chi connectivity index (χ3n) is 10.2. The van der Waals surface area contributed by atoms with Crippen molar-refractivity contribution >= 4 is 0 Å². The smallest absolute Gasteiger partial charge is 0.0543 e. The summed E-state index contributed by atoms with van der Waals surface area (Å²) in [6.07, 6.45) is 19.8. The van der Waals surface area contributed by atoms with Gasteiger partial charge in [0.15, 0.2) is 0 Å². The summed E-state index contributed by atoms with van der Waals surface area (Å²) in [6, 6.07) is 0. The molecule has 3 saturated carbocycles. The number of rotatable bonds is 4. The first-order chi connectivity index (χ1) is 13.9. The third kappa shape index (κ3) is 3.08. The first-order valence-electron chi connectivity index (χ1n) is 12.4. The van der Waals surface area contributed by atoms with Crippen LogP contribution in [-0.4, -0.2) is 11.2 Å². The number of aliphatic hydroxyl groups excluding tert-OH is 1. The van der Waals surface area contributed by atoms with Crippen LogP contribution in [0.5, 0.6) is 0 Å². The fourth-order valence-corrected chi connectivity index (χ4v) is 8.55. The van der Waals surface area contributed by atoms with E-state index in [9.17, 15) is 5.11 Å². The highest BCUT2D eigenvalue weighted by Crippen LogP contribution is 2.69. The van der Waals surface area contributed by atoms with E-state index in [0.717, 1.165) is 42.9 Å². The van der Waals surface area contributed by atoms with Crippen LogP contribution in [0.25, 0.3) is 0 Å². The van der Waals surface area contributed by atoms with Crippen molar-refractivity contribution in [2.75, 3.05) is 0 Å². The van der Waals surface area contributed by atoms with Crippen LogP contribution < -0.4 is 5.73 Å². The van der Waals surface area contributed by atoms with Gasteiger partial charge in [-0.2, -0.15) is 0 Å². The molecule has 0 aliphatic heterocycles. The summed E-state index contributed by atoms with van der Waals surface area (Å²) in [6.45, 7) is 9.70. The minimum atomic E-state index is -0.0511. The molecule has 0 bridgehead atoms. The number of aliphatic hydroxyl groups is 1. The normalized spacial score (nSPS) is 47.5. The minimum absolute atomic E-state index is 0.0511. The van der Waals surface area contributed by atoms with E-state index in [1.807, 2.05) is 6.20 Å². The van der Waals surface area contributed by atoms with Crippen LogP contribution in [0.15, 0.2) is 35.6 Å². The highest BCUT2D eigenvalue weighted by molar-refractivity contribution is 5.47. The van der Waals surface area contributed by atoms with Crippen LogP contribution in [0, 0.1) is 40.4 Å². The predicted octanol–water partition coefficient (Wildman–Crippen LogP) is 6.37. The molecule has 0 amide bonds. The van der Waals surface area contributed by atoms with Crippen LogP contribution in [0.3, 0.4) is 0 Å². The Hall–Kier alpha value is -1.02. The molecule has 2 nitrogen and oxygen atoms in total. The molecule has 8 atom stereocenters. The maximum atomic E-state index is 10.4. The lowest BCUT2D eigenvalue weighted by Gasteiger charge is -2.63. The van der Waals surface area contributed by atoms with Crippen molar-refractivity contribution in [3.63, 3.8) is 0 Å². The monoisotopic (exact) mass is 397 g/mol. The molecule has 0 saturated heterocycles. The van der Waals surface area contributed by atoms with Crippen molar-refractivity contribution in [1.29, 1.82) is 0 Å². The zero-order valence-electron chi connectivity index (χ0n) is 19.2. The van der Waals surface area contributed by atoms with Crippen molar-refractivity contribution in [3.05, 3.63) is 35.6 Å². The van der Waals surface area contributed by atoms with Gasteiger partial charge in [0, 0.05) is 6.20 Å². The Kier molecular flexibility index (Phi) is 5.79. The van der Waals surface area contributed by atoms with Crippen molar-refractivity contribution in [2.45, 2.75) is 91.6 Å². The molecule has 3 N–H and O–H groups in total. The quantitative estimate of drug-likeness (QED) is 0.541. The third-order valence-corrected chi connectivity index (χ3v) is 10.2. The number of nitrogens with two attached hydrogens (primary N) is 1. The molecule has 3 fully saturated rings. The molecule has 0 heterocycles. The largest absolute Gasteiger partial charge is 0.404 e. The van der Waals surface area contributed by atoms with Crippen molar-refractivity contribution < 1.29 is 5.11 Å². The SMILES string of the molecule is CC/C=C\C(=C/N)C1=CCC2C3CCC4C[C@H](O)CCC4(CC)C3C[C@@H](C)C12C. The molecule has 0 aromatic rings. The Bertz CT molecular complexity index is 705. The Labute approximate surface area is 178 Å². The highest BCUT2D eigenvalue weighted by atomic mass is 16.3.